The molecular formula is C12H23N3O2. The number of carbonyl (C=O) groups excluding carboxylic acids is 1. The molecule has 0 aromatic carbocycles. The van der Waals surface area contributed by atoms with Gasteiger partial charge in [-0.1, -0.05) is 31.8 Å². The first-order chi connectivity index (χ1) is 8.09. The zero-order valence-electron chi connectivity index (χ0n) is 10.7. The van der Waals surface area contributed by atoms with Gasteiger partial charge in [0.2, 0.25) is 5.91 Å². The highest BCUT2D eigenvalue weighted by Crippen LogP contribution is 2.30. The maximum Gasteiger partial charge on any atom is 0.223 e. The molecule has 0 radical (unpaired) electrons. The van der Waals surface area contributed by atoms with Crippen molar-refractivity contribution in [2.24, 2.45) is 16.8 Å². The molecule has 1 fully saturated rings. The Morgan fingerprint density at radius 1 is 1.41 bits per heavy atom. The van der Waals surface area contributed by atoms with Crippen LogP contribution in [0, 0.1) is 5.92 Å². The summed E-state index contributed by atoms with van der Waals surface area (Å²) in [6, 6.07) is 0. The number of oxime groups is 1. The Kier molecular flexibility index (Phi) is 4.78. The third-order valence-corrected chi connectivity index (χ3v) is 3.77. The van der Waals surface area contributed by atoms with E-state index in [1.165, 1.54) is 0 Å². The fourth-order valence-electron chi connectivity index (χ4n) is 2.52. The minimum Gasteiger partial charge on any atom is -0.409 e. The van der Waals surface area contributed by atoms with E-state index in [2.05, 4.69) is 10.5 Å². The zero-order chi connectivity index (χ0) is 12.9. The van der Waals surface area contributed by atoms with Crippen LogP contribution in [-0.4, -0.2) is 22.5 Å². The van der Waals surface area contributed by atoms with E-state index in [-0.39, 0.29) is 17.7 Å². The Morgan fingerprint density at radius 2 is 1.94 bits per heavy atom. The Morgan fingerprint density at radius 3 is 2.35 bits per heavy atom. The molecule has 1 rings (SSSR count). The van der Waals surface area contributed by atoms with Gasteiger partial charge in [-0.15, -0.1) is 0 Å². The molecule has 17 heavy (non-hydrogen) atoms. The molecule has 0 atom stereocenters. The lowest BCUT2D eigenvalue weighted by molar-refractivity contribution is -0.126. The SMILES string of the molecule is CCC(CC)C(=O)NC1(/C(N)=N/O)CCCC1. The normalized spacial score (nSPS) is 19.6. The lowest BCUT2D eigenvalue weighted by Gasteiger charge is -2.30. The second-order valence-corrected chi connectivity index (χ2v) is 4.78. The van der Waals surface area contributed by atoms with Crippen LogP contribution < -0.4 is 11.1 Å². The van der Waals surface area contributed by atoms with Gasteiger partial charge in [0, 0.05) is 5.92 Å². The van der Waals surface area contributed by atoms with Gasteiger partial charge in [-0.3, -0.25) is 4.79 Å². The molecule has 1 saturated carbocycles. The maximum absolute atomic E-state index is 12.1. The van der Waals surface area contributed by atoms with Gasteiger partial charge in [0.15, 0.2) is 5.84 Å². The van der Waals surface area contributed by atoms with Crippen molar-refractivity contribution in [3.63, 3.8) is 0 Å². The number of nitrogens with two attached hydrogens (primary N) is 1. The molecule has 4 N–H and O–H groups in total. The van der Waals surface area contributed by atoms with Crippen molar-refractivity contribution in [3.8, 4) is 0 Å². The molecule has 0 unspecified atom stereocenters. The minimum atomic E-state index is -0.617. The first-order valence-electron chi connectivity index (χ1n) is 6.39. The van der Waals surface area contributed by atoms with E-state index >= 15 is 0 Å². The molecule has 5 heteroatoms. The van der Waals surface area contributed by atoms with Crippen molar-refractivity contribution >= 4 is 11.7 Å². The minimum absolute atomic E-state index is 0.0129. The van der Waals surface area contributed by atoms with Crippen LogP contribution in [0.1, 0.15) is 52.4 Å². The summed E-state index contributed by atoms with van der Waals surface area (Å²) in [5.41, 5.74) is 5.11. The summed E-state index contributed by atoms with van der Waals surface area (Å²) in [6.45, 7) is 4.00. The van der Waals surface area contributed by atoms with Gasteiger partial charge in [0.1, 0.15) is 5.54 Å². The van der Waals surface area contributed by atoms with Crippen LogP contribution in [0.25, 0.3) is 0 Å². The van der Waals surface area contributed by atoms with E-state index < -0.39 is 5.54 Å². The third kappa shape index (κ3) is 2.90. The lowest BCUT2D eigenvalue weighted by atomic mass is 9.93. The summed E-state index contributed by atoms with van der Waals surface area (Å²) in [4.78, 5) is 12.1. The third-order valence-electron chi connectivity index (χ3n) is 3.77. The summed E-state index contributed by atoms with van der Waals surface area (Å²) in [5.74, 6) is 0.164. The Bertz CT molecular complexity index is 292. The van der Waals surface area contributed by atoms with Crippen LogP contribution in [0.4, 0.5) is 0 Å². The van der Waals surface area contributed by atoms with Crippen LogP contribution in [0.2, 0.25) is 0 Å². The smallest absolute Gasteiger partial charge is 0.223 e. The first-order valence-corrected chi connectivity index (χ1v) is 6.39. The van der Waals surface area contributed by atoms with Crippen LogP contribution >= 0.6 is 0 Å². The van der Waals surface area contributed by atoms with Gasteiger partial charge in [-0.2, -0.15) is 0 Å². The van der Waals surface area contributed by atoms with Crippen molar-refractivity contribution in [3.05, 3.63) is 0 Å². The number of hydrogen-bond donors (Lipinski definition) is 3. The van der Waals surface area contributed by atoms with Gasteiger partial charge < -0.3 is 16.3 Å². The maximum atomic E-state index is 12.1. The highest BCUT2D eigenvalue weighted by Gasteiger charge is 2.40. The molecule has 98 valence electrons. The molecular weight excluding hydrogens is 218 g/mol. The van der Waals surface area contributed by atoms with Gasteiger partial charge in [0.25, 0.3) is 0 Å². The van der Waals surface area contributed by atoms with Crippen molar-refractivity contribution in [2.75, 3.05) is 0 Å². The average molecular weight is 241 g/mol. The number of amides is 1. The number of nitrogens with zero attached hydrogens (tertiary/aromatic N) is 1. The monoisotopic (exact) mass is 241 g/mol. The Labute approximate surface area is 102 Å². The highest BCUT2D eigenvalue weighted by molar-refractivity contribution is 5.94. The first kappa shape index (κ1) is 13.8. The van der Waals surface area contributed by atoms with Crippen molar-refractivity contribution in [1.29, 1.82) is 0 Å². The van der Waals surface area contributed by atoms with Gasteiger partial charge in [-0.05, 0) is 25.7 Å². The van der Waals surface area contributed by atoms with Crippen molar-refractivity contribution < 1.29 is 10.0 Å². The Hall–Kier alpha value is -1.26. The average Bonchev–Trinajstić information content (AvgIpc) is 2.79. The van der Waals surface area contributed by atoms with E-state index in [1.54, 1.807) is 0 Å². The molecule has 1 aliphatic carbocycles. The summed E-state index contributed by atoms with van der Waals surface area (Å²) in [5, 5.41) is 14.9. The number of hydrogen-bond acceptors (Lipinski definition) is 3. The molecule has 0 aromatic heterocycles. The van der Waals surface area contributed by atoms with Gasteiger partial charge >= 0.3 is 0 Å². The van der Waals surface area contributed by atoms with Crippen LogP contribution in [-0.2, 0) is 4.79 Å². The largest absolute Gasteiger partial charge is 0.409 e. The van der Waals surface area contributed by atoms with Crippen molar-refractivity contribution in [2.45, 2.75) is 57.9 Å². The fraction of sp³-hybridized carbons (Fsp3) is 0.833. The molecule has 1 amide bonds. The lowest BCUT2D eigenvalue weighted by Crippen LogP contribution is -2.57. The Balaban J connectivity index is 2.77. The van der Waals surface area contributed by atoms with Gasteiger partial charge in [0.05, 0.1) is 0 Å². The molecule has 0 spiro atoms. The quantitative estimate of drug-likeness (QED) is 0.296. The second kappa shape index (κ2) is 5.89. The summed E-state index contributed by atoms with van der Waals surface area (Å²) < 4.78 is 0. The van der Waals surface area contributed by atoms with E-state index in [0.29, 0.717) is 0 Å². The van der Waals surface area contributed by atoms with Crippen LogP contribution in [0.15, 0.2) is 5.16 Å². The molecule has 0 bridgehead atoms. The molecule has 0 aliphatic heterocycles. The second-order valence-electron chi connectivity index (χ2n) is 4.78. The molecule has 0 saturated heterocycles. The summed E-state index contributed by atoms with van der Waals surface area (Å²) >= 11 is 0. The van der Waals surface area contributed by atoms with E-state index in [0.717, 1.165) is 38.5 Å². The van der Waals surface area contributed by atoms with Crippen LogP contribution in [0.3, 0.4) is 0 Å². The van der Waals surface area contributed by atoms with E-state index in [4.69, 9.17) is 10.9 Å². The molecule has 0 aromatic rings. The highest BCUT2D eigenvalue weighted by atomic mass is 16.4. The number of carbonyl (C=O) groups is 1. The number of nitrogens with one attached hydrogen (secondary N) is 1. The molecule has 5 nitrogen and oxygen atoms in total. The topological polar surface area (TPSA) is 87.7 Å². The summed E-state index contributed by atoms with van der Waals surface area (Å²) in [6.07, 6.45) is 5.14. The predicted molar refractivity (Wildman–Crippen MR) is 66.8 cm³/mol. The molecule has 0 heterocycles. The number of rotatable bonds is 5. The number of amidine groups is 1. The van der Waals surface area contributed by atoms with Crippen LogP contribution in [0.5, 0.6) is 0 Å². The standard InChI is InChI=1S/C12H23N3O2/c1-3-9(4-2)10(16)14-12(11(13)15-17)7-5-6-8-12/h9,17H,3-8H2,1-2H3,(H2,13,15)(H,14,16). The predicted octanol–water partition coefficient (Wildman–Crippen LogP) is 1.60. The van der Waals surface area contributed by atoms with E-state index in [9.17, 15) is 4.79 Å². The zero-order valence-corrected chi connectivity index (χ0v) is 10.7. The summed E-state index contributed by atoms with van der Waals surface area (Å²) in [7, 11) is 0. The molecule has 1 aliphatic rings. The fourth-order valence-corrected chi connectivity index (χ4v) is 2.52. The van der Waals surface area contributed by atoms with Crippen molar-refractivity contribution in [1.82, 2.24) is 5.32 Å². The van der Waals surface area contributed by atoms with E-state index in [1.807, 2.05) is 13.8 Å². The van der Waals surface area contributed by atoms with Gasteiger partial charge in [-0.25, -0.2) is 0 Å².